The van der Waals surface area contributed by atoms with E-state index in [0.29, 0.717) is 12.1 Å². The minimum absolute atomic E-state index is 0.381. The van der Waals surface area contributed by atoms with E-state index in [1.54, 1.807) is 0 Å². The highest BCUT2D eigenvalue weighted by Gasteiger charge is 2.25. The van der Waals surface area contributed by atoms with Crippen molar-refractivity contribution in [2.24, 2.45) is 0 Å². The van der Waals surface area contributed by atoms with E-state index in [2.05, 4.69) is 40.4 Å². The fourth-order valence-electron chi connectivity index (χ4n) is 1.74. The molecule has 3 N–H and O–H groups in total. The largest absolute Gasteiger partial charge is 0.314 e. The third-order valence-electron chi connectivity index (χ3n) is 2.51. The minimum atomic E-state index is 0.381. The average Bonchev–Trinajstić information content (AvgIpc) is 2.67. The van der Waals surface area contributed by atoms with Crippen LogP contribution in [0.15, 0.2) is 30.3 Å². The fourth-order valence-corrected chi connectivity index (χ4v) is 1.74. The van der Waals surface area contributed by atoms with Crippen molar-refractivity contribution in [2.45, 2.75) is 12.1 Å². The summed E-state index contributed by atoms with van der Waals surface area (Å²) in [5, 5.41) is 3.29. The normalized spacial score (nSPS) is 27.8. The summed E-state index contributed by atoms with van der Waals surface area (Å²) in [6.07, 6.45) is 0. The molecule has 0 aliphatic carbocycles. The van der Waals surface area contributed by atoms with Gasteiger partial charge in [-0.05, 0) is 12.6 Å². The summed E-state index contributed by atoms with van der Waals surface area (Å²) in [4.78, 5) is 0. The maximum absolute atomic E-state index is 3.29. The standard InChI is InChI=1S/C10H15N3/c1-11-9-7-12-13-10(9)8-5-3-2-4-6-8/h2-6,9-13H,7H2,1H3. The van der Waals surface area contributed by atoms with Gasteiger partial charge in [0.2, 0.25) is 0 Å². The smallest absolute Gasteiger partial charge is 0.0628 e. The molecule has 1 saturated heterocycles. The Labute approximate surface area is 78.5 Å². The van der Waals surface area contributed by atoms with Crippen molar-refractivity contribution in [1.29, 1.82) is 0 Å². The second-order valence-electron chi connectivity index (χ2n) is 3.31. The lowest BCUT2D eigenvalue weighted by Gasteiger charge is -2.17. The van der Waals surface area contributed by atoms with E-state index in [1.165, 1.54) is 5.56 Å². The lowest BCUT2D eigenvalue weighted by molar-refractivity contribution is 0.504. The van der Waals surface area contributed by atoms with Crippen LogP contribution in [-0.4, -0.2) is 19.6 Å². The molecular weight excluding hydrogens is 162 g/mol. The molecule has 3 heteroatoms. The van der Waals surface area contributed by atoms with E-state index >= 15 is 0 Å². The van der Waals surface area contributed by atoms with E-state index in [9.17, 15) is 0 Å². The van der Waals surface area contributed by atoms with Crippen LogP contribution in [0.1, 0.15) is 11.6 Å². The van der Waals surface area contributed by atoms with Crippen LogP contribution in [-0.2, 0) is 0 Å². The second kappa shape index (κ2) is 3.87. The van der Waals surface area contributed by atoms with Crippen molar-refractivity contribution in [2.75, 3.05) is 13.6 Å². The van der Waals surface area contributed by atoms with Crippen molar-refractivity contribution in [3.63, 3.8) is 0 Å². The Morgan fingerprint density at radius 1 is 1.31 bits per heavy atom. The van der Waals surface area contributed by atoms with E-state index in [1.807, 2.05) is 13.1 Å². The lowest BCUT2D eigenvalue weighted by Crippen LogP contribution is -2.33. The quantitative estimate of drug-likeness (QED) is 0.613. The van der Waals surface area contributed by atoms with Crippen molar-refractivity contribution in [3.8, 4) is 0 Å². The zero-order chi connectivity index (χ0) is 9.10. The molecule has 0 radical (unpaired) electrons. The molecule has 70 valence electrons. The number of hydrogen-bond acceptors (Lipinski definition) is 3. The summed E-state index contributed by atoms with van der Waals surface area (Å²) in [6.45, 7) is 0.968. The SMILES string of the molecule is CNC1CNNC1c1ccccc1. The molecule has 2 unspecified atom stereocenters. The van der Waals surface area contributed by atoms with Crippen LogP contribution in [0, 0.1) is 0 Å². The molecule has 2 atom stereocenters. The van der Waals surface area contributed by atoms with Crippen LogP contribution in [0.25, 0.3) is 0 Å². The van der Waals surface area contributed by atoms with Crippen LogP contribution >= 0.6 is 0 Å². The Kier molecular flexibility index (Phi) is 2.59. The zero-order valence-electron chi connectivity index (χ0n) is 7.75. The van der Waals surface area contributed by atoms with Gasteiger partial charge in [-0.3, -0.25) is 5.43 Å². The van der Waals surface area contributed by atoms with E-state index in [0.717, 1.165) is 6.54 Å². The van der Waals surface area contributed by atoms with Gasteiger partial charge in [0.25, 0.3) is 0 Å². The van der Waals surface area contributed by atoms with E-state index in [4.69, 9.17) is 0 Å². The molecule has 1 heterocycles. The molecule has 1 fully saturated rings. The van der Waals surface area contributed by atoms with Gasteiger partial charge < -0.3 is 5.32 Å². The number of hydrogen-bond donors (Lipinski definition) is 3. The first kappa shape index (κ1) is 8.69. The molecule has 1 aliphatic rings. The van der Waals surface area contributed by atoms with Gasteiger partial charge in [0.1, 0.15) is 0 Å². The molecule has 1 aliphatic heterocycles. The molecule has 0 spiro atoms. The minimum Gasteiger partial charge on any atom is -0.314 e. The average molecular weight is 177 g/mol. The molecule has 2 rings (SSSR count). The molecular formula is C10H15N3. The number of hydrazine groups is 1. The highest BCUT2D eigenvalue weighted by Crippen LogP contribution is 2.18. The lowest BCUT2D eigenvalue weighted by atomic mass is 10.0. The van der Waals surface area contributed by atoms with Gasteiger partial charge in [0.05, 0.1) is 6.04 Å². The van der Waals surface area contributed by atoms with E-state index < -0.39 is 0 Å². The number of nitrogens with one attached hydrogen (secondary N) is 3. The first-order chi connectivity index (χ1) is 6.42. The van der Waals surface area contributed by atoms with Crippen LogP contribution in [0.3, 0.4) is 0 Å². The second-order valence-corrected chi connectivity index (χ2v) is 3.31. The summed E-state index contributed by atoms with van der Waals surface area (Å²) in [6, 6.07) is 11.3. The third kappa shape index (κ3) is 1.72. The predicted octanol–water partition coefficient (Wildman–Crippen LogP) is 0.424. The van der Waals surface area contributed by atoms with Crippen molar-refractivity contribution < 1.29 is 0 Å². The first-order valence-corrected chi connectivity index (χ1v) is 4.62. The molecule has 1 aromatic carbocycles. The Hall–Kier alpha value is -0.900. The van der Waals surface area contributed by atoms with Gasteiger partial charge in [0, 0.05) is 12.6 Å². The fraction of sp³-hybridized carbons (Fsp3) is 0.400. The summed E-state index contributed by atoms with van der Waals surface area (Å²) in [5.41, 5.74) is 7.75. The number of rotatable bonds is 2. The van der Waals surface area contributed by atoms with Gasteiger partial charge in [-0.2, -0.15) is 0 Å². The van der Waals surface area contributed by atoms with Crippen molar-refractivity contribution in [1.82, 2.24) is 16.2 Å². The van der Waals surface area contributed by atoms with Crippen molar-refractivity contribution in [3.05, 3.63) is 35.9 Å². The number of likely N-dealkylation sites (N-methyl/N-ethyl adjacent to an activating group) is 1. The maximum Gasteiger partial charge on any atom is 0.0628 e. The monoisotopic (exact) mass is 177 g/mol. The molecule has 0 aromatic heterocycles. The van der Waals surface area contributed by atoms with Gasteiger partial charge in [-0.1, -0.05) is 30.3 Å². The van der Waals surface area contributed by atoms with E-state index in [-0.39, 0.29) is 0 Å². The van der Waals surface area contributed by atoms with Gasteiger partial charge in [-0.15, -0.1) is 0 Å². The van der Waals surface area contributed by atoms with Gasteiger partial charge in [-0.25, -0.2) is 5.43 Å². The summed E-state index contributed by atoms with van der Waals surface area (Å²) >= 11 is 0. The highest BCUT2D eigenvalue weighted by molar-refractivity contribution is 5.21. The Morgan fingerprint density at radius 2 is 2.08 bits per heavy atom. The molecule has 13 heavy (non-hydrogen) atoms. The van der Waals surface area contributed by atoms with Gasteiger partial charge >= 0.3 is 0 Å². The maximum atomic E-state index is 3.29. The molecule has 0 saturated carbocycles. The van der Waals surface area contributed by atoms with Gasteiger partial charge in [0.15, 0.2) is 0 Å². The van der Waals surface area contributed by atoms with Crippen LogP contribution in [0.4, 0.5) is 0 Å². The van der Waals surface area contributed by atoms with Crippen LogP contribution in [0.2, 0.25) is 0 Å². The predicted molar refractivity (Wildman–Crippen MR) is 53.2 cm³/mol. The number of benzene rings is 1. The Balaban J connectivity index is 2.16. The first-order valence-electron chi connectivity index (χ1n) is 4.62. The third-order valence-corrected chi connectivity index (χ3v) is 2.51. The Bertz CT molecular complexity index is 260. The van der Waals surface area contributed by atoms with Crippen LogP contribution < -0.4 is 16.2 Å². The summed E-state index contributed by atoms with van der Waals surface area (Å²) < 4.78 is 0. The highest BCUT2D eigenvalue weighted by atomic mass is 15.4. The Morgan fingerprint density at radius 3 is 2.77 bits per heavy atom. The van der Waals surface area contributed by atoms with Crippen molar-refractivity contribution >= 4 is 0 Å². The molecule has 0 bridgehead atoms. The topological polar surface area (TPSA) is 36.1 Å². The summed E-state index contributed by atoms with van der Waals surface area (Å²) in [7, 11) is 2.00. The molecule has 1 aromatic rings. The van der Waals surface area contributed by atoms with Crippen LogP contribution in [0.5, 0.6) is 0 Å². The molecule has 0 amide bonds. The summed E-state index contributed by atoms with van der Waals surface area (Å²) in [5.74, 6) is 0. The molecule has 3 nitrogen and oxygen atoms in total. The zero-order valence-corrected chi connectivity index (χ0v) is 7.75.